The van der Waals surface area contributed by atoms with Gasteiger partial charge in [0.05, 0.1) is 17.0 Å². The molecule has 226 valence electrons. The Hall–Kier alpha value is -5.31. The van der Waals surface area contributed by atoms with E-state index in [1.807, 2.05) is 30.3 Å². The predicted octanol–water partition coefficient (Wildman–Crippen LogP) is 6.03. The lowest BCUT2D eigenvalue weighted by molar-refractivity contribution is -0.143. The fraction of sp³-hybridized carbons (Fsp3) is 0.229. The molecule has 0 saturated carbocycles. The van der Waals surface area contributed by atoms with Gasteiger partial charge in [-0.05, 0) is 72.0 Å². The first-order valence-electron chi connectivity index (χ1n) is 14.4. The summed E-state index contributed by atoms with van der Waals surface area (Å²) in [7, 11) is 0. The van der Waals surface area contributed by atoms with Crippen LogP contribution >= 0.6 is 0 Å². The molecule has 0 radical (unpaired) electrons. The van der Waals surface area contributed by atoms with Gasteiger partial charge < -0.3 is 29.3 Å². The van der Waals surface area contributed by atoms with Gasteiger partial charge >= 0.3 is 11.9 Å². The number of carboxylic acid groups (broad SMARTS) is 2. The molecule has 9 nitrogen and oxygen atoms in total. The number of ether oxygens (including phenoxy) is 3. The molecule has 0 aromatic heterocycles. The van der Waals surface area contributed by atoms with Crippen LogP contribution in [0.3, 0.4) is 0 Å². The zero-order valence-electron chi connectivity index (χ0n) is 24.1. The van der Waals surface area contributed by atoms with E-state index < -0.39 is 23.8 Å². The zero-order valence-corrected chi connectivity index (χ0v) is 24.1. The van der Waals surface area contributed by atoms with Crippen molar-refractivity contribution in [1.29, 1.82) is 0 Å². The monoisotopic (exact) mass is 595 g/mol. The van der Waals surface area contributed by atoms with Gasteiger partial charge in [-0.2, -0.15) is 0 Å². The van der Waals surface area contributed by atoms with E-state index in [0.717, 1.165) is 11.1 Å². The lowest BCUT2D eigenvalue weighted by Gasteiger charge is -2.30. The van der Waals surface area contributed by atoms with Gasteiger partial charge in [0.1, 0.15) is 37.1 Å². The lowest BCUT2D eigenvalue weighted by atomic mass is 9.96. The van der Waals surface area contributed by atoms with Crippen LogP contribution in [0.15, 0.2) is 97.1 Å². The number of carboxylic acids is 2. The highest BCUT2D eigenvalue weighted by atomic mass is 16.5. The fourth-order valence-electron chi connectivity index (χ4n) is 4.99. The van der Waals surface area contributed by atoms with E-state index in [4.69, 9.17) is 14.2 Å². The minimum Gasteiger partial charge on any atom is -0.490 e. The molecule has 0 spiro atoms. The number of nitrogens with zero attached hydrogens (tertiary/aromatic N) is 1. The van der Waals surface area contributed by atoms with E-state index in [2.05, 4.69) is 36.4 Å². The molecule has 1 heterocycles. The van der Waals surface area contributed by atoms with Crippen LogP contribution in [0.5, 0.6) is 17.2 Å². The van der Waals surface area contributed by atoms with E-state index in [-0.39, 0.29) is 43.2 Å². The molecule has 1 aliphatic rings. The number of rotatable bonds is 12. The van der Waals surface area contributed by atoms with Gasteiger partial charge in [-0.3, -0.25) is 9.59 Å². The number of piperidine rings is 1. The Morgan fingerprint density at radius 2 is 1.32 bits per heavy atom. The first kappa shape index (κ1) is 30.2. The maximum Gasteiger partial charge on any atom is 0.335 e. The molecule has 1 saturated heterocycles. The van der Waals surface area contributed by atoms with Gasteiger partial charge in [-0.1, -0.05) is 54.6 Å². The quantitative estimate of drug-likeness (QED) is 0.191. The summed E-state index contributed by atoms with van der Waals surface area (Å²) in [6.45, 7) is 1.28. The maximum atomic E-state index is 13.2. The second-order valence-electron chi connectivity index (χ2n) is 10.4. The van der Waals surface area contributed by atoms with Crippen molar-refractivity contribution in [1.82, 2.24) is 4.90 Å². The number of hydrogen-bond donors (Lipinski definition) is 2. The molecule has 0 unspecified atom stereocenters. The largest absolute Gasteiger partial charge is 0.490 e. The van der Waals surface area contributed by atoms with Crippen LogP contribution in [0.4, 0.5) is 0 Å². The number of aromatic carboxylic acids is 1. The third kappa shape index (κ3) is 7.74. The molecule has 44 heavy (non-hydrogen) atoms. The molecule has 9 heteroatoms. The number of hydrogen-bond acceptors (Lipinski definition) is 6. The van der Waals surface area contributed by atoms with Gasteiger partial charge in [0.15, 0.2) is 0 Å². The van der Waals surface area contributed by atoms with E-state index in [1.165, 1.54) is 28.7 Å². The van der Waals surface area contributed by atoms with Crippen molar-refractivity contribution in [3.05, 3.63) is 114 Å². The third-order valence-electron chi connectivity index (χ3n) is 7.49. The third-order valence-corrected chi connectivity index (χ3v) is 7.49. The molecule has 1 amide bonds. The molecule has 1 aliphatic heterocycles. The average Bonchev–Trinajstić information content (AvgIpc) is 3.06. The minimum atomic E-state index is -1.16. The molecular formula is C35H33NO8. The van der Waals surface area contributed by atoms with Crippen LogP contribution in [-0.4, -0.2) is 59.3 Å². The Morgan fingerprint density at radius 1 is 0.705 bits per heavy atom. The Morgan fingerprint density at radius 3 is 1.95 bits per heavy atom. The molecule has 0 atom stereocenters. The number of aliphatic carboxylic acids is 1. The summed E-state index contributed by atoms with van der Waals surface area (Å²) in [5.41, 5.74) is 3.46. The Kier molecular flexibility index (Phi) is 9.76. The number of benzene rings is 4. The number of likely N-dealkylation sites (tertiary alicyclic amines) is 1. The topological polar surface area (TPSA) is 123 Å². The SMILES string of the molecule is O=C(O)c1ccc(OCCOc2ccc(OCc3ccc(-c4ccccc4)cc3)cc2)c(C(=O)N2CCC(C(=O)O)CC2)c1. The van der Waals surface area contributed by atoms with Crippen molar-refractivity contribution in [2.24, 2.45) is 5.92 Å². The normalized spacial score (nSPS) is 13.2. The Labute approximate surface area is 255 Å². The highest BCUT2D eigenvalue weighted by molar-refractivity contribution is 6.00. The maximum absolute atomic E-state index is 13.2. The van der Waals surface area contributed by atoms with Gasteiger partial charge in [-0.15, -0.1) is 0 Å². The second-order valence-corrected chi connectivity index (χ2v) is 10.4. The standard InChI is InChI=1S/C35H33NO8/c37-33(36-18-16-27(17-19-36)34(38)39)31-22-28(35(40)41)10-15-32(31)43-21-20-42-29-11-13-30(14-12-29)44-23-24-6-8-26(9-7-24)25-4-2-1-3-5-25/h1-15,22,27H,16-21,23H2,(H,38,39)(H,40,41). The highest BCUT2D eigenvalue weighted by Gasteiger charge is 2.29. The summed E-state index contributed by atoms with van der Waals surface area (Å²) in [5, 5.41) is 18.7. The van der Waals surface area contributed by atoms with Gasteiger partial charge in [0, 0.05) is 13.1 Å². The van der Waals surface area contributed by atoms with Crippen molar-refractivity contribution >= 4 is 17.8 Å². The highest BCUT2D eigenvalue weighted by Crippen LogP contribution is 2.26. The van der Waals surface area contributed by atoms with Crippen molar-refractivity contribution in [2.45, 2.75) is 19.4 Å². The van der Waals surface area contributed by atoms with Crippen molar-refractivity contribution in [3.8, 4) is 28.4 Å². The van der Waals surface area contributed by atoms with E-state index in [1.54, 1.807) is 12.1 Å². The summed E-state index contributed by atoms with van der Waals surface area (Å²) < 4.78 is 17.5. The first-order chi connectivity index (χ1) is 21.4. The van der Waals surface area contributed by atoms with E-state index >= 15 is 0 Å². The van der Waals surface area contributed by atoms with Crippen LogP contribution in [0, 0.1) is 5.92 Å². The predicted molar refractivity (Wildman–Crippen MR) is 163 cm³/mol. The molecular weight excluding hydrogens is 562 g/mol. The molecule has 1 fully saturated rings. The van der Waals surface area contributed by atoms with Crippen LogP contribution in [0.2, 0.25) is 0 Å². The summed E-state index contributed by atoms with van der Waals surface area (Å²) in [6.07, 6.45) is 0.685. The van der Waals surface area contributed by atoms with E-state index in [9.17, 15) is 24.6 Å². The van der Waals surface area contributed by atoms with Crippen LogP contribution < -0.4 is 14.2 Å². The molecule has 4 aromatic rings. The average molecular weight is 596 g/mol. The van der Waals surface area contributed by atoms with Crippen molar-refractivity contribution < 1.29 is 38.8 Å². The number of amides is 1. The number of carbonyl (C=O) groups excluding carboxylic acids is 1. The second kappa shape index (κ2) is 14.2. The summed E-state index contributed by atoms with van der Waals surface area (Å²) in [6, 6.07) is 29.8. The van der Waals surface area contributed by atoms with Crippen molar-refractivity contribution in [3.63, 3.8) is 0 Å². The smallest absolute Gasteiger partial charge is 0.335 e. The van der Waals surface area contributed by atoms with Crippen molar-refractivity contribution in [2.75, 3.05) is 26.3 Å². The van der Waals surface area contributed by atoms with Crippen LogP contribution in [0.1, 0.15) is 39.1 Å². The summed E-state index contributed by atoms with van der Waals surface area (Å²) in [5.74, 6) is -1.36. The van der Waals surface area contributed by atoms with Gasteiger partial charge in [0.25, 0.3) is 5.91 Å². The first-order valence-corrected chi connectivity index (χ1v) is 14.4. The number of carbonyl (C=O) groups is 3. The molecule has 5 rings (SSSR count). The summed E-state index contributed by atoms with van der Waals surface area (Å²) >= 11 is 0. The van der Waals surface area contributed by atoms with Gasteiger partial charge in [-0.25, -0.2) is 4.79 Å². The molecule has 0 aliphatic carbocycles. The van der Waals surface area contributed by atoms with Crippen LogP contribution in [0.25, 0.3) is 11.1 Å². The molecule has 0 bridgehead atoms. The Bertz CT molecular complexity index is 1580. The zero-order chi connectivity index (χ0) is 30.9. The fourth-order valence-corrected chi connectivity index (χ4v) is 4.99. The lowest BCUT2D eigenvalue weighted by Crippen LogP contribution is -2.40. The molecule has 4 aromatic carbocycles. The van der Waals surface area contributed by atoms with E-state index in [0.29, 0.717) is 30.9 Å². The Balaban J connectivity index is 1.11. The van der Waals surface area contributed by atoms with Gasteiger partial charge in [0.2, 0.25) is 0 Å². The van der Waals surface area contributed by atoms with Crippen LogP contribution in [-0.2, 0) is 11.4 Å². The molecule has 2 N–H and O–H groups in total. The minimum absolute atomic E-state index is 0.0381. The summed E-state index contributed by atoms with van der Waals surface area (Å²) in [4.78, 5) is 37.6.